The molecule has 0 bridgehead atoms. The number of amides is 1. The lowest BCUT2D eigenvalue weighted by Gasteiger charge is -2.30. The molecule has 0 saturated carbocycles. The molecule has 42 heavy (non-hydrogen) atoms. The number of hydrogen-bond acceptors (Lipinski definition) is 6. The number of hydrogen-bond donors (Lipinski definition) is 0. The average molecular weight is 581 g/mol. The first-order chi connectivity index (χ1) is 20.2. The number of hydroxylamine groups is 2. The molecule has 0 spiro atoms. The van der Waals surface area contributed by atoms with Crippen LogP contribution in [0.15, 0.2) is 48.5 Å². The van der Waals surface area contributed by atoms with Gasteiger partial charge in [-0.3, -0.25) is 14.4 Å². The molecule has 2 saturated heterocycles. The molecule has 3 heterocycles. The van der Waals surface area contributed by atoms with Gasteiger partial charge in [-0.1, -0.05) is 31.2 Å². The molecule has 0 radical (unpaired) electrons. The fraction of sp³-hybridized carbons (Fsp3) is 0.469. The first-order valence-corrected chi connectivity index (χ1v) is 14.6. The van der Waals surface area contributed by atoms with Crippen LogP contribution in [-0.4, -0.2) is 64.2 Å². The number of ether oxygens (including phenoxy) is 1. The number of nitrogens with zero attached hydrogens (tertiary/aromatic N) is 4. The highest BCUT2D eigenvalue weighted by Crippen LogP contribution is 2.37. The molecule has 2 aliphatic rings. The van der Waals surface area contributed by atoms with Gasteiger partial charge in [0.25, 0.3) is 0 Å². The molecular weight excluding hydrogens is 542 g/mol. The molecule has 1 aromatic heterocycles. The van der Waals surface area contributed by atoms with Gasteiger partial charge in [0, 0.05) is 57.4 Å². The second-order valence-corrected chi connectivity index (χ2v) is 11.2. The van der Waals surface area contributed by atoms with Crippen LogP contribution in [0.25, 0.3) is 5.69 Å². The summed E-state index contributed by atoms with van der Waals surface area (Å²) >= 11 is 0. The second-order valence-electron chi connectivity index (χ2n) is 11.2. The maximum Gasteiger partial charge on any atom is 0.236 e. The predicted molar refractivity (Wildman–Crippen MR) is 153 cm³/mol. The van der Waals surface area contributed by atoms with Crippen molar-refractivity contribution in [2.24, 2.45) is 11.8 Å². The standard InChI is InChI=1S/C32H38F2N4O4/c1-4-37-19-25(31(42-37)24-10-11-28(33)29(34)17-24)16-27(40)18-30-21(2)32(35-38(30)26-8-6-5-7-9-26)41-20-23-12-14-36(15-13-23)22(3)39/h5-11,17,23,25,31H,4,12-16,18-20H2,1-3H3/t25-,31+/m1/s1. The summed E-state index contributed by atoms with van der Waals surface area (Å²) < 4.78 is 35.6. The molecule has 1 amide bonds. The zero-order valence-electron chi connectivity index (χ0n) is 24.4. The summed E-state index contributed by atoms with van der Waals surface area (Å²) in [6.45, 7) is 8.54. The number of rotatable bonds is 10. The van der Waals surface area contributed by atoms with E-state index in [1.165, 1.54) is 6.07 Å². The Morgan fingerprint density at radius 3 is 2.48 bits per heavy atom. The second kappa shape index (κ2) is 13.1. The lowest BCUT2D eigenvalue weighted by Crippen LogP contribution is -2.38. The van der Waals surface area contributed by atoms with Crippen molar-refractivity contribution in [2.45, 2.75) is 52.6 Å². The number of halogens is 2. The summed E-state index contributed by atoms with van der Waals surface area (Å²) in [7, 11) is 0. The van der Waals surface area contributed by atoms with E-state index in [0.717, 1.165) is 55.0 Å². The van der Waals surface area contributed by atoms with Gasteiger partial charge in [-0.2, -0.15) is 5.06 Å². The van der Waals surface area contributed by atoms with Crippen molar-refractivity contribution in [1.82, 2.24) is 19.7 Å². The summed E-state index contributed by atoms with van der Waals surface area (Å²) in [6.07, 6.45) is 1.56. The van der Waals surface area contributed by atoms with Crippen LogP contribution in [0.1, 0.15) is 56.0 Å². The Morgan fingerprint density at radius 2 is 1.81 bits per heavy atom. The molecule has 2 aliphatic heterocycles. The Labute approximate surface area is 245 Å². The molecule has 224 valence electrons. The van der Waals surface area contributed by atoms with Crippen molar-refractivity contribution in [2.75, 3.05) is 32.8 Å². The van der Waals surface area contributed by atoms with Crippen LogP contribution in [0.5, 0.6) is 5.88 Å². The Morgan fingerprint density at radius 1 is 1.07 bits per heavy atom. The number of Topliss-reactive ketones (excluding diaryl/α,β-unsaturated/α-hetero) is 1. The molecule has 2 aromatic carbocycles. The molecule has 5 rings (SSSR count). The van der Waals surface area contributed by atoms with Gasteiger partial charge in [0.15, 0.2) is 11.6 Å². The third-order valence-electron chi connectivity index (χ3n) is 8.32. The number of piperidine rings is 1. The van der Waals surface area contributed by atoms with Gasteiger partial charge in [-0.15, -0.1) is 5.10 Å². The fourth-order valence-electron chi connectivity index (χ4n) is 5.84. The maximum atomic E-state index is 14.0. The van der Waals surface area contributed by atoms with Gasteiger partial charge in [-0.05, 0) is 55.5 Å². The van der Waals surface area contributed by atoms with Crippen molar-refractivity contribution in [1.29, 1.82) is 0 Å². The van der Waals surface area contributed by atoms with E-state index in [1.807, 2.05) is 49.1 Å². The summed E-state index contributed by atoms with van der Waals surface area (Å²) in [4.78, 5) is 33.1. The first kappa shape index (κ1) is 29.8. The number of para-hydroxylation sites is 1. The van der Waals surface area contributed by atoms with Gasteiger partial charge in [0.2, 0.25) is 11.8 Å². The largest absolute Gasteiger partial charge is 0.476 e. The smallest absolute Gasteiger partial charge is 0.236 e. The number of aromatic nitrogens is 2. The maximum absolute atomic E-state index is 14.0. The van der Waals surface area contributed by atoms with E-state index in [4.69, 9.17) is 14.7 Å². The summed E-state index contributed by atoms with van der Waals surface area (Å²) in [5.74, 6) is -1.15. The Hall–Kier alpha value is -3.63. The van der Waals surface area contributed by atoms with Crippen molar-refractivity contribution in [3.8, 4) is 11.6 Å². The van der Waals surface area contributed by atoms with Crippen LogP contribution in [0.2, 0.25) is 0 Å². The predicted octanol–water partition coefficient (Wildman–Crippen LogP) is 5.22. The zero-order valence-corrected chi connectivity index (χ0v) is 24.4. The van der Waals surface area contributed by atoms with E-state index >= 15 is 0 Å². The van der Waals surface area contributed by atoms with Crippen molar-refractivity contribution >= 4 is 11.7 Å². The van der Waals surface area contributed by atoms with Crippen molar-refractivity contribution < 1.29 is 27.9 Å². The molecule has 10 heteroatoms. The van der Waals surface area contributed by atoms with E-state index in [9.17, 15) is 18.4 Å². The van der Waals surface area contributed by atoms with Crippen molar-refractivity contribution in [3.63, 3.8) is 0 Å². The molecule has 8 nitrogen and oxygen atoms in total. The van der Waals surface area contributed by atoms with E-state index < -0.39 is 17.7 Å². The number of benzene rings is 2. The van der Waals surface area contributed by atoms with Gasteiger partial charge >= 0.3 is 0 Å². The molecule has 2 fully saturated rings. The highest BCUT2D eigenvalue weighted by atomic mass is 19.2. The molecular formula is C32H38F2N4O4. The van der Waals surface area contributed by atoms with E-state index in [0.29, 0.717) is 37.1 Å². The van der Waals surface area contributed by atoms with Crippen LogP contribution in [0.4, 0.5) is 8.78 Å². The first-order valence-electron chi connectivity index (χ1n) is 14.6. The number of carbonyl (C=O) groups excluding carboxylic acids is 2. The number of ketones is 1. The molecule has 3 aromatic rings. The minimum atomic E-state index is -0.935. The molecule has 0 aliphatic carbocycles. The Balaban J connectivity index is 1.32. The molecule has 2 atom stereocenters. The summed E-state index contributed by atoms with van der Waals surface area (Å²) in [5, 5.41) is 6.53. The fourth-order valence-corrected chi connectivity index (χ4v) is 5.84. The third-order valence-corrected chi connectivity index (χ3v) is 8.32. The SMILES string of the molecule is CCN1C[C@@H](CC(=O)Cc2c(C)c(OCC3CCN(C(C)=O)CC3)nn2-c2ccccc2)[C@H](c2ccc(F)c(F)c2)O1. The zero-order chi connectivity index (χ0) is 29.8. The molecule has 0 unspecified atom stereocenters. The molecule has 0 N–H and O–H groups in total. The van der Waals surface area contributed by atoms with E-state index in [2.05, 4.69) is 0 Å². The highest BCUT2D eigenvalue weighted by molar-refractivity contribution is 5.81. The van der Waals surface area contributed by atoms with Crippen LogP contribution < -0.4 is 4.74 Å². The van der Waals surface area contributed by atoms with Gasteiger partial charge in [0.1, 0.15) is 11.9 Å². The number of carbonyl (C=O) groups is 2. The van der Waals surface area contributed by atoms with E-state index in [-0.39, 0.29) is 30.4 Å². The summed E-state index contributed by atoms with van der Waals surface area (Å²) in [6, 6.07) is 13.4. The third kappa shape index (κ3) is 6.71. The Bertz CT molecular complexity index is 1400. The van der Waals surface area contributed by atoms with Crippen LogP contribution in [0, 0.1) is 30.4 Å². The van der Waals surface area contributed by atoms with Crippen molar-refractivity contribution in [3.05, 3.63) is 77.0 Å². The minimum absolute atomic E-state index is 0.00234. The van der Waals surface area contributed by atoms with Crippen LogP contribution in [-0.2, 0) is 20.8 Å². The highest BCUT2D eigenvalue weighted by Gasteiger charge is 2.37. The van der Waals surface area contributed by atoms with Gasteiger partial charge in [-0.25, -0.2) is 13.5 Å². The van der Waals surface area contributed by atoms with Gasteiger partial charge < -0.3 is 9.64 Å². The van der Waals surface area contributed by atoms with Crippen LogP contribution >= 0.6 is 0 Å². The summed E-state index contributed by atoms with van der Waals surface area (Å²) in [5.41, 5.74) is 2.90. The van der Waals surface area contributed by atoms with E-state index in [1.54, 1.807) is 16.7 Å². The van der Waals surface area contributed by atoms with Crippen LogP contribution in [0.3, 0.4) is 0 Å². The normalized spacial score (nSPS) is 19.8. The average Bonchev–Trinajstić information content (AvgIpc) is 3.54. The lowest BCUT2D eigenvalue weighted by molar-refractivity contribution is -0.146. The topological polar surface area (TPSA) is 76.9 Å². The monoisotopic (exact) mass is 580 g/mol. The minimum Gasteiger partial charge on any atom is -0.476 e. The van der Waals surface area contributed by atoms with Gasteiger partial charge in [0.05, 0.1) is 18.0 Å². The lowest BCUT2D eigenvalue weighted by atomic mass is 9.90. The Kier molecular flexibility index (Phi) is 9.33. The number of likely N-dealkylation sites (tertiary alicyclic amines) is 1. The quantitative estimate of drug-likeness (QED) is 0.327.